The molecule has 2 N–H and O–H groups in total. The lowest BCUT2D eigenvalue weighted by Gasteiger charge is -2.09. The van der Waals surface area contributed by atoms with E-state index in [0.717, 1.165) is 5.56 Å². The van der Waals surface area contributed by atoms with Gasteiger partial charge in [0.2, 0.25) is 0 Å². The van der Waals surface area contributed by atoms with E-state index in [2.05, 4.69) is 5.32 Å². The predicted octanol–water partition coefficient (Wildman–Crippen LogP) is 3.10. The zero-order valence-corrected chi connectivity index (χ0v) is 11.1. The maximum atomic E-state index is 13.6. The van der Waals surface area contributed by atoms with Gasteiger partial charge in [-0.15, -0.1) is 0 Å². The SMILES string of the molecule is COc1ccc(NC(=O)c2cc(C)ccc2F)cc1O. The van der Waals surface area contributed by atoms with Gasteiger partial charge in [0.1, 0.15) is 5.82 Å². The smallest absolute Gasteiger partial charge is 0.258 e. The average molecular weight is 275 g/mol. The van der Waals surface area contributed by atoms with Crippen molar-refractivity contribution in [3.8, 4) is 11.5 Å². The lowest BCUT2D eigenvalue weighted by atomic mass is 10.1. The van der Waals surface area contributed by atoms with Crippen LogP contribution in [0.5, 0.6) is 11.5 Å². The van der Waals surface area contributed by atoms with Crippen molar-refractivity contribution in [3.63, 3.8) is 0 Å². The van der Waals surface area contributed by atoms with E-state index in [1.807, 2.05) is 0 Å². The highest BCUT2D eigenvalue weighted by Gasteiger charge is 2.13. The fraction of sp³-hybridized carbons (Fsp3) is 0.133. The van der Waals surface area contributed by atoms with Crippen LogP contribution < -0.4 is 10.1 Å². The molecule has 0 aromatic heterocycles. The molecule has 0 atom stereocenters. The summed E-state index contributed by atoms with van der Waals surface area (Å²) in [7, 11) is 1.43. The Kier molecular flexibility index (Phi) is 3.89. The molecule has 0 unspecified atom stereocenters. The monoisotopic (exact) mass is 275 g/mol. The van der Waals surface area contributed by atoms with Gasteiger partial charge in [0.25, 0.3) is 5.91 Å². The number of anilines is 1. The van der Waals surface area contributed by atoms with Gasteiger partial charge in [0.05, 0.1) is 12.7 Å². The fourth-order valence-electron chi connectivity index (χ4n) is 1.78. The highest BCUT2D eigenvalue weighted by atomic mass is 19.1. The van der Waals surface area contributed by atoms with Crippen LogP contribution in [0.2, 0.25) is 0 Å². The Hall–Kier alpha value is -2.56. The van der Waals surface area contributed by atoms with E-state index in [0.29, 0.717) is 11.4 Å². The number of phenols is 1. The van der Waals surface area contributed by atoms with Gasteiger partial charge in [-0.25, -0.2) is 4.39 Å². The Morgan fingerprint density at radius 1 is 1.25 bits per heavy atom. The van der Waals surface area contributed by atoms with Crippen LogP contribution in [0.25, 0.3) is 0 Å². The summed E-state index contributed by atoms with van der Waals surface area (Å²) in [5, 5.41) is 12.1. The highest BCUT2D eigenvalue weighted by Crippen LogP contribution is 2.28. The lowest BCUT2D eigenvalue weighted by molar-refractivity contribution is 0.102. The Labute approximate surface area is 115 Å². The summed E-state index contributed by atoms with van der Waals surface area (Å²) in [6.45, 7) is 1.77. The summed E-state index contributed by atoms with van der Waals surface area (Å²) < 4.78 is 18.5. The van der Waals surface area contributed by atoms with Crippen LogP contribution in [0.3, 0.4) is 0 Å². The van der Waals surface area contributed by atoms with Crippen molar-refractivity contribution in [3.05, 3.63) is 53.3 Å². The number of carbonyl (C=O) groups excluding carboxylic acids is 1. The van der Waals surface area contributed by atoms with Gasteiger partial charge in [-0.1, -0.05) is 11.6 Å². The topological polar surface area (TPSA) is 58.6 Å². The number of methoxy groups -OCH3 is 1. The molecule has 2 aromatic rings. The zero-order chi connectivity index (χ0) is 14.7. The number of ether oxygens (including phenoxy) is 1. The minimum absolute atomic E-state index is 0.0414. The number of benzene rings is 2. The maximum Gasteiger partial charge on any atom is 0.258 e. The van der Waals surface area contributed by atoms with E-state index in [9.17, 15) is 14.3 Å². The molecule has 2 rings (SSSR count). The van der Waals surface area contributed by atoms with Crippen LogP contribution in [-0.2, 0) is 0 Å². The predicted molar refractivity (Wildman–Crippen MR) is 73.7 cm³/mol. The Morgan fingerprint density at radius 2 is 2.00 bits per heavy atom. The van der Waals surface area contributed by atoms with Crippen molar-refractivity contribution in [1.29, 1.82) is 0 Å². The van der Waals surface area contributed by atoms with E-state index in [4.69, 9.17) is 4.74 Å². The first kappa shape index (κ1) is 13.9. The van der Waals surface area contributed by atoms with E-state index in [1.165, 1.54) is 31.4 Å². The number of rotatable bonds is 3. The molecule has 0 aliphatic heterocycles. The quantitative estimate of drug-likeness (QED) is 0.905. The average Bonchev–Trinajstić information content (AvgIpc) is 2.41. The van der Waals surface area contributed by atoms with Crippen LogP contribution in [0.15, 0.2) is 36.4 Å². The van der Waals surface area contributed by atoms with Gasteiger partial charge in [0.15, 0.2) is 11.5 Å². The summed E-state index contributed by atoms with van der Waals surface area (Å²) in [6, 6.07) is 8.71. The molecule has 20 heavy (non-hydrogen) atoms. The number of aromatic hydroxyl groups is 1. The van der Waals surface area contributed by atoms with E-state index >= 15 is 0 Å². The molecule has 5 heteroatoms. The van der Waals surface area contributed by atoms with Crippen LogP contribution >= 0.6 is 0 Å². The van der Waals surface area contributed by atoms with E-state index < -0.39 is 11.7 Å². The number of amides is 1. The summed E-state index contributed by atoms with van der Waals surface area (Å²) in [4.78, 5) is 12.0. The van der Waals surface area contributed by atoms with Crippen LogP contribution in [0, 0.1) is 12.7 Å². The number of aryl methyl sites for hydroxylation is 1. The number of halogens is 1. The molecule has 0 fully saturated rings. The molecule has 2 aromatic carbocycles. The normalized spacial score (nSPS) is 10.2. The van der Waals surface area contributed by atoms with Crippen molar-refractivity contribution in [1.82, 2.24) is 0 Å². The lowest BCUT2D eigenvalue weighted by Crippen LogP contribution is -2.14. The van der Waals surface area contributed by atoms with Crippen LogP contribution in [0.4, 0.5) is 10.1 Å². The number of carbonyl (C=O) groups is 1. The van der Waals surface area contributed by atoms with Gasteiger partial charge in [-0.05, 0) is 31.2 Å². The molecule has 0 saturated carbocycles. The van der Waals surface area contributed by atoms with Gasteiger partial charge in [0, 0.05) is 11.8 Å². The second kappa shape index (κ2) is 5.61. The molecule has 0 heterocycles. The summed E-state index contributed by atoms with van der Waals surface area (Å²) in [6.07, 6.45) is 0. The highest BCUT2D eigenvalue weighted by molar-refractivity contribution is 6.04. The van der Waals surface area contributed by atoms with Crippen molar-refractivity contribution >= 4 is 11.6 Å². The van der Waals surface area contributed by atoms with Crippen LogP contribution in [-0.4, -0.2) is 18.1 Å². The molecule has 104 valence electrons. The largest absolute Gasteiger partial charge is 0.504 e. The third-order valence-corrected chi connectivity index (χ3v) is 2.80. The fourth-order valence-corrected chi connectivity index (χ4v) is 1.78. The second-order valence-electron chi connectivity index (χ2n) is 4.32. The first-order valence-electron chi connectivity index (χ1n) is 5.96. The second-order valence-corrected chi connectivity index (χ2v) is 4.32. The van der Waals surface area contributed by atoms with Gasteiger partial charge in [-0.2, -0.15) is 0 Å². The van der Waals surface area contributed by atoms with E-state index in [1.54, 1.807) is 19.1 Å². The minimum atomic E-state index is -0.592. The minimum Gasteiger partial charge on any atom is -0.504 e. The zero-order valence-electron chi connectivity index (χ0n) is 11.1. The third kappa shape index (κ3) is 2.88. The number of hydrogen-bond acceptors (Lipinski definition) is 3. The van der Waals surface area contributed by atoms with Crippen molar-refractivity contribution in [2.75, 3.05) is 12.4 Å². The summed E-state index contributed by atoms with van der Waals surface area (Å²) in [5.41, 5.74) is 1.10. The van der Waals surface area contributed by atoms with Crippen LogP contribution in [0.1, 0.15) is 15.9 Å². The molecule has 0 aliphatic carbocycles. The maximum absolute atomic E-state index is 13.6. The van der Waals surface area contributed by atoms with Gasteiger partial charge < -0.3 is 15.2 Å². The number of hydrogen-bond donors (Lipinski definition) is 2. The molecule has 0 bridgehead atoms. The standard InChI is InChI=1S/C15H14FNO3/c1-9-3-5-12(16)11(7-9)15(19)17-10-4-6-14(20-2)13(18)8-10/h3-8,18H,1-2H3,(H,17,19). The van der Waals surface area contributed by atoms with Gasteiger partial charge in [-0.3, -0.25) is 4.79 Å². The Morgan fingerprint density at radius 3 is 2.65 bits per heavy atom. The first-order chi connectivity index (χ1) is 9.51. The molecule has 1 amide bonds. The number of nitrogens with one attached hydrogen (secondary N) is 1. The van der Waals surface area contributed by atoms with Crippen molar-refractivity contribution in [2.24, 2.45) is 0 Å². The molecule has 4 nitrogen and oxygen atoms in total. The molecular formula is C15H14FNO3. The van der Waals surface area contributed by atoms with Gasteiger partial charge >= 0.3 is 0 Å². The van der Waals surface area contributed by atoms with Crippen molar-refractivity contribution in [2.45, 2.75) is 6.92 Å². The first-order valence-corrected chi connectivity index (χ1v) is 5.96. The third-order valence-electron chi connectivity index (χ3n) is 2.80. The van der Waals surface area contributed by atoms with E-state index in [-0.39, 0.29) is 11.3 Å². The molecule has 0 radical (unpaired) electrons. The molecular weight excluding hydrogens is 261 g/mol. The van der Waals surface area contributed by atoms with Crippen molar-refractivity contribution < 1.29 is 19.0 Å². The molecule has 0 saturated heterocycles. The summed E-state index contributed by atoms with van der Waals surface area (Å²) in [5.74, 6) is -0.971. The Bertz CT molecular complexity index is 656. The molecule has 0 spiro atoms. The number of phenolic OH excluding ortho intramolecular Hbond substituents is 1. The summed E-state index contributed by atoms with van der Waals surface area (Å²) >= 11 is 0. The molecule has 0 aliphatic rings. The Balaban J connectivity index is 2.23.